The van der Waals surface area contributed by atoms with Crippen molar-refractivity contribution in [1.29, 1.82) is 0 Å². The summed E-state index contributed by atoms with van der Waals surface area (Å²) in [6.45, 7) is 12.7. The van der Waals surface area contributed by atoms with Crippen molar-refractivity contribution in [3.8, 4) is 0 Å². The van der Waals surface area contributed by atoms with Crippen LogP contribution >= 0.6 is 0 Å². The van der Waals surface area contributed by atoms with Crippen LogP contribution in [0.25, 0.3) is 0 Å². The summed E-state index contributed by atoms with van der Waals surface area (Å²) < 4.78 is 5.14. The minimum Gasteiger partial charge on any atom is -0.444 e. The normalized spacial score (nSPS) is 11.7. The maximum atomic E-state index is 11.3. The van der Waals surface area contributed by atoms with E-state index in [2.05, 4.69) is 24.5 Å². The van der Waals surface area contributed by atoms with Gasteiger partial charge in [0.15, 0.2) is 0 Å². The summed E-state index contributed by atoms with van der Waals surface area (Å²) in [6.07, 6.45) is 3.09. The fourth-order valence-electron chi connectivity index (χ4n) is 1.48. The number of hydrogen-bond acceptors (Lipinski definition) is 3. The standard InChI is InChI=1S/C14H30N2O2/c1-12(2)8-6-9-15-10-7-11-16-13(17)18-14(3,4)5/h12,15H,6-11H2,1-5H3,(H,16,17). The van der Waals surface area contributed by atoms with Crippen LogP contribution in [-0.4, -0.2) is 31.3 Å². The molecule has 0 saturated carbocycles. The average Bonchev–Trinajstić information content (AvgIpc) is 2.18. The maximum Gasteiger partial charge on any atom is 0.407 e. The van der Waals surface area contributed by atoms with Gasteiger partial charge < -0.3 is 15.4 Å². The fourth-order valence-corrected chi connectivity index (χ4v) is 1.48. The molecule has 0 aromatic heterocycles. The quantitative estimate of drug-likeness (QED) is 0.658. The molecule has 4 heteroatoms. The van der Waals surface area contributed by atoms with E-state index in [1.54, 1.807) is 0 Å². The van der Waals surface area contributed by atoms with Crippen LogP contribution < -0.4 is 10.6 Å². The molecule has 0 aromatic carbocycles. The number of hydrogen-bond donors (Lipinski definition) is 2. The highest BCUT2D eigenvalue weighted by atomic mass is 16.6. The van der Waals surface area contributed by atoms with Crippen LogP contribution in [0.3, 0.4) is 0 Å². The summed E-state index contributed by atoms with van der Waals surface area (Å²) in [5.41, 5.74) is -0.417. The number of amides is 1. The highest BCUT2D eigenvalue weighted by Crippen LogP contribution is 2.06. The van der Waals surface area contributed by atoms with Crippen molar-refractivity contribution in [1.82, 2.24) is 10.6 Å². The van der Waals surface area contributed by atoms with Gasteiger partial charge in [-0.25, -0.2) is 4.79 Å². The first-order valence-corrected chi connectivity index (χ1v) is 6.99. The Morgan fingerprint density at radius 1 is 1.11 bits per heavy atom. The first kappa shape index (κ1) is 17.2. The van der Waals surface area contributed by atoms with Crippen LogP contribution in [0, 0.1) is 5.92 Å². The Labute approximate surface area is 112 Å². The van der Waals surface area contributed by atoms with Gasteiger partial charge in [0.1, 0.15) is 5.60 Å². The number of alkyl carbamates (subject to hydrolysis) is 1. The minimum atomic E-state index is -0.417. The van der Waals surface area contributed by atoms with Crippen molar-refractivity contribution in [3.05, 3.63) is 0 Å². The monoisotopic (exact) mass is 258 g/mol. The van der Waals surface area contributed by atoms with E-state index in [4.69, 9.17) is 4.74 Å². The molecule has 0 rings (SSSR count). The first-order valence-electron chi connectivity index (χ1n) is 6.99. The molecule has 108 valence electrons. The Hall–Kier alpha value is -0.770. The van der Waals surface area contributed by atoms with Crippen LogP contribution in [-0.2, 0) is 4.74 Å². The molecule has 0 bridgehead atoms. The molecule has 0 aliphatic heterocycles. The summed E-state index contributed by atoms with van der Waals surface area (Å²) in [6, 6.07) is 0. The third kappa shape index (κ3) is 13.3. The largest absolute Gasteiger partial charge is 0.444 e. The van der Waals surface area contributed by atoms with Crippen LogP contribution in [0.1, 0.15) is 53.9 Å². The molecule has 0 saturated heterocycles. The molecule has 0 fully saturated rings. The van der Waals surface area contributed by atoms with E-state index in [1.807, 2.05) is 20.8 Å². The predicted octanol–water partition coefficient (Wildman–Crippen LogP) is 2.93. The van der Waals surface area contributed by atoms with Crippen molar-refractivity contribution in [2.75, 3.05) is 19.6 Å². The smallest absolute Gasteiger partial charge is 0.407 e. The van der Waals surface area contributed by atoms with Gasteiger partial charge in [0.25, 0.3) is 0 Å². The predicted molar refractivity (Wildman–Crippen MR) is 75.8 cm³/mol. The Bertz CT molecular complexity index is 222. The lowest BCUT2D eigenvalue weighted by Gasteiger charge is -2.19. The number of carbonyl (C=O) groups excluding carboxylic acids is 1. The highest BCUT2D eigenvalue weighted by Gasteiger charge is 2.15. The van der Waals surface area contributed by atoms with Gasteiger partial charge in [-0.2, -0.15) is 0 Å². The Balaban J connectivity index is 3.28. The molecule has 0 heterocycles. The summed E-state index contributed by atoms with van der Waals surface area (Å²) >= 11 is 0. The van der Waals surface area contributed by atoms with Crippen LogP contribution in [0.4, 0.5) is 4.79 Å². The van der Waals surface area contributed by atoms with Gasteiger partial charge in [-0.1, -0.05) is 13.8 Å². The SMILES string of the molecule is CC(C)CCCNCCCNC(=O)OC(C)(C)C. The third-order valence-electron chi connectivity index (χ3n) is 2.33. The average molecular weight is 258 g/mol. The third-order valence-corrected chi connectivity index (χ3v) is 2.33. The summed E-state index contributed by atoms with van der Waals surface area (Å²) in [5.74, 6) is 0.778. The first-order chi connectivity index (χ1) is 8.31. The van der Waals surface area contributed by atoms with Gasteiger partial charge in [-0.3, -0.25) is 0 Å². The van der Waals surface area contributed by atoms with Gasteiger partial charge >= 0.3 is 6.09 Å². The van der Waals surface area contributed by atoms with E-state index in [1.165, 1.54) is 12.8 Å². The minimum absolute atomic E-state index is 0.331. The lowest BCUT2D eigenvalue weighted by Crippen LogP contribution is -2.34. The highest BCUT2D eigenvalue weighted by molar-refractivity contribution is 5.67. The van der Waals surface area contributed by atoms with Crippen molar-refractivity contribution < 1.29 is 9.53 Å². The van der Waals surface area contributed by atoms with Gasteiger partial charge in [-0.05, 0) is 59.0 Å². The van der Waals surface area contributed by atoms with Crippen molar-refractivity contribution in [2.24, 2.45) is 5.92 Å². The zero-order valence-corrected chi connectivity index (χ0v) is 12.6. The van der Waals surface area contributed by atoms with Crippen LogP contribution in [0.5, 0.6) is 0 Å². The molecule has 0 aliphatic carbocycles. The van der Waals surface area contributed by atoms with E-state index in [-0.39, 0.29) is 6.09 Å². The van der Waals surface area contributed by atoms with E-state index < -0.39 is 5.60 Å². The van der Waals surface area contributed by atoms with E-state index in [0.717, 1.165) is 25.4 Å². The molecule has 0 unspecified atom stereocenters. The van der Waals surface area contributed by atoms with E-state index in [0.29, 0.717) is 6.54 Å². The Morgan fingerprint density at radius 3 is 2.28 bits per heavy atom. The molecule has 0 aliphatic rings. The molecular weight excluding hydrogens is 228 g/mol. The van der Waals surface area contributed by atoms with Gasteiger partial charge in [0.2, 0.25) is 0 Å². The fraction of sp³-hybridized carbons (Fsp3) is 0.929. The zero-order chi connectivity index (χ0) is 14.0. The molecule has 0 radical (unpaired) electrons. The number of rotatable bonds is 8. The number of carbonyl (C=O) groups is 1. The van der Waals surface area contributed by atoms with E-state index >= 15 is 0 Å². The second kappa shape index (κ2) is 9.20. The summed E-state index contributed by atoms with van der Waals surface area (Å²) in [7, 11) is 0. The molecular formula is C14H30N2O2. The lowest BCUT2D eigenvalue weighted by molar-refractivity contribution is 0.0527. The van der Waals surface area contributed by atoms with Crippen molar-refractivity contribution in [2.45, 2.75) is 59.5 Å². The molecule has 0 atom stereocenters. The number of nitrogens with one attached hydrogen (secondary N) is 2. The van der Waals surface area contributed by atoms with Crippen molar-refractivity contribution in [3.63, 3.8) is 0 Å². The molecule has 4 nitrogen and oxygen atoms in total. The molecule has 18 heavy (non-hydrogen) atoms. The Kier molecular flexibility index (Phi) is 8.81. The van der Waals surface area contributed by atoms with Crippen molar-refractivity contribution >= 4 is 6.09 Å². The second-order valence-corrected chi connectivity index (χ2v) is 6.07. The molecule has 1 amide bonds. The van der Waals surface area contributed by atoms with Gasteiger partial charge in [-0.15, -0.1) is 0 Å². The molecule has 2 N–H and O–H groups in total. The Morgan fingerprint density at radius 2 is 1.72 bits per heavy atom. The second-order valence-electron chi connectivity index (χ2n) is 6.07. The van der Waals surface area contributed by atoms with Crippen LogP contribution in [0.2, 0.25) is 0 Å². The van der Waals surface area contributed by atoms with Gasteiger partial charge in [0.05, 0.1) is 0 Å². The summed E-state index contributed by atoms with van der Waals surface area (Å²) in [4.78, 5) is 11.3. The van der Waals surface area contributed by atoms with Gasteiger partial charge in [0, 0.05) is 6.54 Å². The number of ether oxygens (including phenoxy) is 1. The lowest BCUT2D eigenvalue weighted by atomic mass is 10.1. The molecule has 0 aromatic rings. The maximum absolute atomic E-state index is 11.3. The zero-order valence-electron chi connectivity index (χ0n) is 12.6. The van der Waals surface area contributed by atoms with E-state index in [9.17, 15) is 4.79 Å². The van der Waals surface area contributed by atoms with Crippen LogP contribution in [0.15, 0.2) is 0 Å². The topological polar surface area (TPSA) is 50.4 Å². The summed E-state index contributed by atoms with van der Waals surface area (Å²) in [5, 5.41) is 6.12. The molecule has 0 spiro atoms.